The summed E-state index contributed by atoms with van der Waals surface area (Å²) in [4.78, 5) is 24.5. The maximum atomic E-state index is 14.0. The van der Waals surface area contributed by atoms with E-state index < -0.39 is 17.2 Å². The van der Waals surface area contributed by atoms with Gasteiger partial charge >= 0.3 is 0 Å². The van der Waals surface area contributed by atoms with Crippen LogP contribution in [0, 0.1) is 18.6 Å². The van der Waals surface area contributed by atoms with E-state index in [0.717, 1.165) is 0 Å². The molecule has 3 rings (SSSR count). The van der Waals surface area contributed by atoms with E-state index in [2.05, 4.69) is 10.4 Å². The third kappa shape index (κ3) is 3.66. The zero-order valence-corrected chi connectivity index (χ0v) is 13.9. The monoisotopic (exact) mass is 355 g/mol. The minimum atomic E-state index is -0.690. The summed E-state index contributed by atoms with van der Waals surface area (Å²) in [5.41, 5.74) is 0.293. The highest BCUT2D eigenvalue weighted by molar-refractivity contribution is 5.92. The van der Waals surface area contributed by atoms with E-state index in [-0.39, 0.29) is 23.7 Å². The Kier molecular flexibility index (Phi) is 4.88. The van der Waals surface area contributed by atoms with Gasteiger partial charge in [0.05, 0.1) is 0 Å². The van der Waals surface area contributed by atoms with Crippen molar-refractivity contribution in [2.24, 2.45) is 0 Å². The first-order valence-corrected chi connectivity index (χ1v) is 7.84. The molecule has 132 valence electrons. The highest BCUT2D eigenvalue weighted by atomic mass is 19.1. The van der Waals surface area contributed by atoms with Crippen molar-refractivity contribution < 1.29 is 13.6 Å². The molecule has 0 atom stereocenters. The van der Waals surface area contributed by atoms with E-state index in [4.69, 9.17) is 0 Å². The van der Waals surface area contributed by atoms with Gasteiger partial charge in [-0.15, -0.1) is 0 Å². The third-order valence-corrected chi connectivity index (χ3v) is 3.77. The molecule has 2 aromatic carbocycles. The van der Waals surface area contributed by atoms with Crippen LogP contribution in [0.25, 0.3) is 5.69 Å². The van der Waals surface area contributed by atoms with E-state index in [0.29, 0.717) is 11.3 Å². The van der Waals surface area contributed by atoms with Gasteiger partial charge in [-0.05, 0) is 36.8 Å². The number of para-hydroxylation sites is 1. The van der Waals surface area contributed by atoms with Crippen molar-refractivity contribution in [1.82, 2.24) is 15.1 Å². The maximum absolute atomic E-state index is 14.0. The first-order valence-electron chi connectivity index (χ1n) is 7.84. The summed E-state index contributed by atoms with van der Waals surface area (Å²) in [5.74, 6) is -1.60. The van der Waals surface area contributed by atoms with E-state index in [1.54, 1.807) is 13.0 Å². The van der Waals surface area contributed by atoms with Crippen LogP contribution in [-0.2, 0) is 6.54 Å². The topological polar surface area (TPSA) is 64.0 Å². The summed E-state index contributed by atoms with van der Waals surface area (Å²) in [6.07, 6.45) is 0. The summed E-state index contributed by atoms with van der Waals surface area (Å²) in [5, 5.41) is 6.58. The van der Waals surface area contributed by atoms with E-state index >= 15 is 0 Å². The van der Waals surface area contributed by atoms with Crippen molar-refractivity contribution in [2.45, 2.75) is 13.5 Å². The molecule has 0 aliphatic rings. The van der Waals surface area contributed by atoms with Gasteiger partial charge in [-0.2, -0.15) is 5.10 Å². The Bertz CT molecular complexity index is 1010. The molecule has 0 radical (unpaired) electrons. The molecular formula is C19H15F2N3O2. The fourth-order valence-corrected chi connectivity index (χ4v) is 2.44. The summed E-state index contributed by atoms with van der Waals surface area (Å²) in [6, 6.07) is 12.8. The first kappa shape index (κ1) is 17.5. The molecule has 1 aromatic heterocycles. The highest BCUT2D eigenvalue weighted by Crippen LogP contribution is 2.13. The largest absolute Gasteiger partial charge is 0.346 e. The van der Waals surface area contributed by atoms with Crippen molar-refractivity contribution in [2.75, 3.05) is 0 Å². The van der Waals surface area contributed by atoms with Crippen LogP contribution in [-0.4, -0.2) is 15.7 Å². The van der Waals surface area contributed by atoms with Gasteiger partial charge < -0.3 is 5.32 Å². The Morgan fingerprint density at radius 1 is 1.12 bits per heavy atom. The van der Waals surface area contributed by atoms with Crippen LogP contribution < -0.4 is 10.7 Å². The second-order valence-electron chi connectivity index (χ2n) is 5.67. The average molecular weight is 355 g/mol. The molecule has 1 amide bonds. The maximum Gasteiger partial charge on any atom is 0.276 e. The van der Waals surface area contributed by atoms with E-state index in [1.165, 1.54) is 53.2 Å². The van der Waals surface area contributed by atoms with E-state index in [1.807, 2.05) is 0 Å². The number of rotatable bonds is 4. The fraction of sp³-hybridized carbons (Fsp3) is 0.105. The Labute approximate surface area is 147 Å². The first-order chi connectivity index (χ1) is 12.5. The smallest absolute Gasteiger partial charge is 0.276 e. The quantitative estimate of drug-likeness (QED) is 0.783. The lowest BCUT2D eigenvalue weighted by molar-refractivity contribution is 0.0943. The summed E-state index contributed by atoms with van der Waals surface area (Å²) in [7, 11) is 0. The number of hydrogen-bond acceptors (Lipinski definition) is 3. The van der Waals surface area contributed by atoms with Gasteiger partial charge in [0.2, 0.25) is 5.43 Å². The van der Waals surface area contributed by atoms with Gasteiger partial charge in [0.25, 0.3) is 5.91 Å². The van der Waals surface area contributed by atoms with Crippen LogP contribution >= 0.6 is 0 Å². The van der Waals surface area contributed by atoms with Crippen LogP contribution in [0.5, 0.6) is 0 Å². The number of hydrogen-bond donors (Lipinski definition) is 1. The number of carbonyl (C=O) groups is 1. The molecule has 0 aliphatic carbocycles. The number of aromatic nitrogens is 2. The standard InChI is InChI=1S/C19H15F2N3O2/c1-12-10-17(25)18(23-24(12)16-5-3-2-4-15(16)21)19(26)22-11-13-6-8-14(20)9-7-13/h2-10H,11H2,1H3,(H,22,26). The summed E-state index contributed by atoms with van der Waals surface area (Å²) < 4.78 is 28.1. The number of halogens is 2. The number of nitrogens with zero attached hydrogens (tertiary/aromatic N) is 2. The van der Waals surface area contributed by atoms with Gasteiger partial charge in [0.1, 0.15) is 17.3 Å². The molecular weight excluding hydrogens is 340 g/mol. The zero-order valence-electron chi connectivity index (χ0n) is 13.9. The Balaban J connectivity index is 1.88. The predicted octanol–water partition coefficient (Wildman–Crippen LogP) is 2.75. The van der Waals surface area contributed by atoms with Gasteiger partial charge in [-0.3, -0.25) is 9.59 Å². The number of benzene rings is 2. The molecule has 0 aliphatic heterocycles. The molecule has 26 heavy (non-hydrogen) atoms. The summed E-state index contributed by atoms with van der Waals surface area (Å²) in [6.45, 7) is 1.70. The van der Waals surface area contributed by atoms with Gasteiger partial charge in [0, 0.05) is 18.3 Å². The zero-order chi connectivity index (χ0) is 18.7. The number of amides is 1. The van der Waals surface area contributed by atoms with Crippen LogP contribution in [0.2, 0.25) is 0 Å². The molecule has 3 aromatic rings. The Hall–Kier alpha value is -3.35. The van der Waals surface area contributed by atoms with Gasteiger partial charge in [-0.25, -0.2) is 13.5 Å². The van der Waals surface area contributed by atoms with Crippen LogP contribution in [0.1, 0.15) is 21.7 Å². The second kappa shape index (κ2) is 7.26. The molecule has 0 fully saturated rings. The lowest BCUT2D eigenvalue weighted by atomic mass is 10.2. The molecule has 5 nitrogen and oxygen atoms in total. The predicted molar refractivity (Wildman–Crippen MR) is 92.1 cm³/mol. The van der Waals surface area contributed by atoms with Crippen molar-refractivity contribution in [3.8, 4) is 5.69 Å². The normalized spacial score (nSPS) is 10.6. The molecule has 0 saturated heterocycles. The SMILES string of the molecule is Cc1cc(=O)c(C(=O)NCc2ccc(F)cc2)nn1-c1ccccc1F. The molecule has 0 saturated carbocycles. The summed E-state index contributed by atoms with van der Waals surface area (Å²) >= 11 is 0. The third-order valence-electron chi connectivity index (χ3n) is 3.77. The van der Waals surface area contributed by atoms with Gasteiger partial charge in [-0.1, -0.05) is 24.3 Å². The number of aryl methyl sites for hydroxylation is 1. The molecule has 0 unspecified atom stereocenters. The van der Waals surface area contributed by atoms with Crippen LogP contribution in [0.15, 0.2) is 59.4 Å². The van der Waals surface area contributed by atoms with Crippen molar-refractivity contribution >= 4 is 5.91 Å². The van der Waals surface area contributed by atoms with E-state index in [9.17, 15) is 18.4 Å². The lowest BCUT2D eigenvalue weighted by Gasteiger charge is -2.12. The molecule has 1 heterocycles. The average Bonchev–Trinajstić information content (AvgIpc) is 2.62. The molecule has 7 heteroatoms. The molecule has 0 spiro atoms. The van der Waals surface area contributed by atoms with Crippen molar-refractivity contribution in [3.05, 3.63) is 93.4 Å². The van der Waals surface area contributed by atoms with Crippen molar-refractivity contribution in [3.63, 3.8) is 0 Å². The second-order valence-corrected chi connectivity index (χ2v) is 5.67. The fourth-order valence-electron chi connectivity index (χ4n) is 2.44. The minimum Gasteiger partial charge on any atom is -0.346 e. The Morgan fingerprint density at radius 2 is 1.81 bits per heavy atom. The number of carbonyl (C=O) groups excluding carboxylic acids is 1. The molecule has 0 bridgehead atoms. The van der Waals surface area contributed by atoms with Gasteiger partial charge in [0.15, 0.2) is 5.69 Å². The van der Waals surface area contributed by atoms with Crippen molar-refractivity contribution in [1.29, 1.82) is 0 Å². The number of nitrogens with one attached hydrogen (secondary N) is 1. The van der Waals surface area contributed by atoms with Crippen LogP contribution in [0.3, 0.4) is 0 Å². The minimum absolute atomic E-state index is 0.105. The molecule has 1 N–H and O–H groups in total. The highest BCUT2D eigenvalue weighted by Gasteiger charge is 2.16. The lowest BCUT2D eigenvalue weighted by Crippen LogP contribution is -2.31. The Morgan fingerprint density at radius 3 is 2.50 bits per heavy atom. The van der Waals surface area contributed by atoms with Crippen LogP contribution in [0.4, 0.5) is 8.78 Å².